The molecule has 2 aromatic rings. The predicted octanol–water partition coefficient (Wildman–Crippen LogP) is 4.96. The summed E-state index contributed by atoms with van der Waals surface area (Å²) < 4.78 is 4.61. The van der Waals surface area contributed by atoms with Crippen LogP contribution in [-0.2, 0) is 14.3 Å². The van der Waals surface area contributed by atoms with Crippen molar-refractivity contribution >= 4 is 29.1 Å². The van der Waals surface area contributed by atoms with E-state index in [9.17, 15) is 19.2 Å². The molecule has 0 radical (unpaired) electrons. The van der Waals surface area contributed by atoms with Crippen molar-refractivity contribution in [3.8, 4) is 11.1 Å². The fourth-order valence-corrected chi connectivity index (χ4v) is 3.79. The summed E-state index contributed by atoms with van der Waals surface area (Å²) in [5, 5.41) is 2.89. The Kier molecular flexibility index (Phi) is 7.70. The van der Waals surface area contributed by atoms with Crippen LogP contribution >= 0.6 is 0 Å². The quantitative estimate of drug-likeness (QED) is 0.332. The summed E-state index contributed by atoms with van der Waals surface area (Å²) in [5.74, 6) is -1.25. The zero-order valence-electron chi connectivity index (χ0n) is 17.7. The van der Waals surface area contributed by atoms with Gasteiger partial charge in [-0.15, -0.1) is 0 Å². The van der Waals surface area contributed by atoms with Crippen LogP contribution in [-0.4, -0.2) is 30.6 Å². The number of benzene rings is 2. The van der Waals surface area contributed by atoms with Crippen LogP contribution in [0.1, 0.15) is 72.1 Å². The second-order valence-corrected chi connectivity index (χ2v) is 7.71. The van der Waals surface area contributed by atoms with Crippen LogP contribution in [0.4, 0.5) is 5.69 Å². The minimum atomic E-state index is -0.516. The number of ketones is 2. The zero-order valence-corrected chi connectivity index (χ0v) is 17.7. The van der Waals surface area contributed by atoms with Gasteiger partial charge in [0, 0.05) is 29.7 Å². The number of hydrogen-bond donors (Lipinski definition) is 1. The van der Waals surface area contributed by atoms with Gasteiger partial charge in [0.1, 0.15) is 0 Å². The Morgan fingerprint density at radius 3 is 2.00 bits per heavy atom. The van der Waals surface area contributed by atoms with Gasteiger partial charge in [-0.1, -0.05) is 49.9 Å². The second kappa shape index (κ2) is 10.7. The molecule has 0 aromatic heterocycles. The van der Waals surface area contributed by atoms with Crippen molar-refractivity contribution in [3.05, 3.63) is 53.6 Å². The highest BCUT2D eigenvalue weighted by molar-refractivity contribution is 6.53. The number of anilines is 1. The van der Waals surface area contributed by atoms with Crippen LogP contribution in [0.2, 0.25) is 0 Å². The van der Waals surface area contributed by atoms with Crippen LogP contribution in [0.5, 0.6) is 0 Å². The number of esters is 1. The van der Waals surface area contributed by atoms with Gasteiger partial charge in [-0.05, 0) is 42.2 Å². The van der Waals surface area contributed by atoms with Crippen LogP contribution in [0.15, 0.2) is 42.5 Å². The maximum atomic E-state index is 12.4. The van der Waals surface area contributed by atoms with Crippen molar-refractivity contribution in [2.45, 2.75) is 51.4 Å². The molecule has 1 amide bonds. The van der Waals surface area contributed by atoms with Gasteiger partial charge in [0.2, 0.25) is 17.5 Å². The number of carbonyl (C=O) groups is 4. The van der Waals surface area contributed by atoms with Crippen molar-refractivity contribution in [1.29, 1.82) is 0 Å². The van der Waals surface area contributed by atoms with Crippen molar-refractivity contribution in [2.75, 3.05) is 12.4 Å². The zero-order chi connectivity index (χ0) is 22.2. The summed E-state index contributed by atoms with van der Waals surface area (Å²) in [7, 11) is 1.40. The lowest BCUT2D eigenvalue weighted by atomic mass is 9.84. The molecule has 0 spiro atoms. The van der Waals surface area contributed by atoms with Crippen LogP contribution < -0.4 is 5.32 Å². The SMILES string of the molecule is COC(=O)CCCCCCCCC(=O)Nc1ccc2c(c1)-c1ccccc1C(=O)C2=O. The molecule has 0 heterocycles. The van der Waals surface area contributed by atoms with Gasteiger partial charge in [-0.2, -0.15) is 0 Å². The van der Waals surface area contributed by atoms with Gasteiger partial charge in [0.25, 0.3) is 0 Å². The molecule has 0 atom stereocenters. The molecule has 0 bridgehead atoms. The van der Waals surface area contributed by atoms with Crippen molar-refractivity contribution in [3.63, 3.8) is 0 Å². The molecule has 1 N–H and O–H groups in total. The normalized spacial score (nSPS) is 12.2. The number of hydrogen-bond acceptors (Lipinski definition) is 5. The lowest BCUT2D eigenvalue weighted by Gasteiger charge is -2.18. The second-order valence-electron chi connectivity index (χ2n) is 7.71. The molecule has 2 aromatic carbocycles. The highest BCUT2D eigenvalue weighted by Gasteiger charge is 2.30. The molecular formula is C25H27NO5. The Bertz CT molecular complexity index is 995. The lowest BCUT2D eigenvalue weighted by Crippen LogP contribution is -2.21. The standard InChI is InChI=1S/C25H27NO5/c1-31-23(28)13-7-5-3-2-4-6-12-22(27)26-17-14-15-20-21(16-17)18-10-8-9-11-19(18)24(29)25(20)30/h8-11,14-16H,2-7,12-13H2,1H3,(H,26,27). The number of carbonyl (C=O) groups excluding carboxylic acids is 4. The number of methoxy groups -OCH3 is 1. The first-order valence-electron chi connectivity index (χ1n) is 10.7. The highest BCUT2D eigenvalue weighted by Crippen LogP contribution is 2.35. The third-order valence-electron chi connectivity index (χ3n) is 5.48. The Balaban J connectivity index is 1.47. The number of amides is 1. The number of Topliss-reactive ketones (excluding diaryl/α,β-unsaturated/α-hetero) is 2. The summed E-state index contributed by atoms with van der Waals surface area (Å²) in [5.41, 5.74) is 2.77. The average Bonchev–Trinajstić information content (AvgIpc) is 2.79. The molecule has 0 unspecified atom stereocenters. The van der Waals surface area contributed by atoms with Gasteiger partial charge in [0.15, 0.2) is 0 Å². The number of rotatable bonds is 10. The summed E-state index contributed by atoms with van der Waals surface area (Å²) in [4.78, 5) is 48.0. The van der Waals surface area contributed by atoms with E-state index in [1.807, 2.05) is 12.1 Å². The molecular weight excluding hydrogens is 394 g/mol. The van der Waals surface area contributed by atoms with E-state index in [0.29, 0.717) is 40.8 Å². The first-order chi connectivity index (χ1) is 15.0. The Labute approximate surface area is 182 Å². The third kappa shape index (κ3) is 5.66. The molecule has 31 heavy (non-hydrogen) atoms. The molecule has 162 valence electrons. The van der Waals surface area contributed by atoms with Gasteiger partial charge in [0.05, 0.1) is 7.11 Å². The van der Waals surface area contributed by atoms with E-state index in [2.05, 4.69) is 10.1 Å². The third-order valence-corrected chi connectivity index (χ3v) is 5.48. The number of fused-ring (bicyclic) bond motifs is 3. The smallest absolute Gasteiger partial charge is 0.305 e. The number of ether oxygens (including phenoxy) is 1. The van der Waals surface area contributed by atoms with Gasteiger partial charge < -0.3 is 10.1 Å². The van der Waals surface area contributed by atoms with Crippen molar-refractivity contribution in [1.82, 2.24) is 0 Å². The number of unbranched alkanes of at least 4 members (excludes halogenated alkanes) is 5. The van der Waals surface area contributed by atoms with E-state index >= 15 is 0 Å². The molecule has 0 fully saturated rings. The first-order valence-corrected chi connectivity index (χ1v) is 10.7. The summed E-state index contributed by atoms with van der Waals surface area (Å²) in [6, 6.07) is 12.1. The van der Waals surface area contributed by atoms with Gasteiger partial charge in [-0.25, -0.2) is 0 Å². The maximum Gasteiger partial charge on any atom is 0.305 e. The number of nitrogens with one attached hydrogen (secondary N) is 1. The molecule has 0 saturated carbocycles. The fourth-order valence-electron chi connectivity index (χ4n) is 3.79. The predicted molar refractivity (Wildman–Crippen MR) is 118 cm³/mol. The average molecular weight is 421 g/mol. The van der Waals surface area contributed by atoms with Crippen molar-refractivity contribution < 1.29 is 23.9 Å². The maximum absolute atomic E-state index is 12.4. The van der Waals surface area contributed by atoms with Gasteiger partial charge >= 0.3 is 5.97 Å². The molecule has 6 nitrogen and oxygen atoms in total. The fraction of sp³-hybridized carbons (Fsp3) is 0.360. The van der Waals surface area contributed by atoms with E-state index in [4.69, 9.17) is 0 Å². The first kappa shape index (κ1) is 22.4. The topological polar surface area (TPSA) is 89.5 Å². The Morgan fingerprint density at radius 2 is 1.32 bits per heavy atom. The highest BCUT2D eigenvalue weighted by atomic mass is 16.5. The van der Waals surface area contributed by atoms with Crippen LogP contribution in [0, 0.1) is 0 Å². The van der Waals surface area contributed by atoms with E-state index in [1.165, 1.54) is 7.11 Å². The molecule has 0 aliphatic heterocycles. The molecule has 3 rings (SSSR count). The van der Waals surface area contributed by atoms with E-state index < -0.39 is 11.6 Å². The largest absolute Gasteiger partial charge is 0.469 e. The molecule has 1 aliphatic rings. The molecule has 0 saturated heterocycles. The van der Waals surface area contributed by atoms with Crippen LogP contribution in [0.25, 0.3) is 11.1 Å². The summed E-state index contributed by atoms with van der Waals surface area (Å²) >= 11 is 0. The van der Waals surface area contributed by atoms with E-state index in [0.717, 1.165) is 38.5 Å². The summed E-state index contributed by atoms with van der Waals surface area (Å²) in [6.07, 6.45) is 6.53. The van der Waals surface area contributed by atoms with E-state index in [-0.39, 0.29) is 11.9 Å². The Hall–Kier alpha value is -3.28. The van der Waals surface area contributed by atoms with Crippen molar-refractivity contribution in [2.24, 2.45) is 0 Å². The molecule has 6 heteroatoms. The minimum Gasteiger partial charge on any atom is -0.469 e. The van der Waals surface area contributed by atoms with Crippen LogP contribution in [0.3, 0.4) is 0 Å². The monoisotopic (exact) mass is 421 g/mol. The van der Waals surface area contributed by atoms with E-state index in [1.54, 1.807) is 30.3 Å². The minimum absolute atomic E-state index is 0.0721. The molecule has 1 aliphatic carbocycles. The Morgan fingerprint density at radius 1 is 0.742 bits per heavy atom. The lowest BCUT2D eigenvalue weighted by molar-refractivity contribution is -0.140. The van der Waals surface area contributed by atoms with Gasteiger partial charge in [-0.3, -0.25) is 19.2 Å². The summed E-state index contributed by atoms with van der Waals surface area (Å²) in [6.45, 7) is 0.